The molecule has 3 N–H and O–H groups in total. The van der Waals surface area contributed by atoms with E-state index in [2.05, 4.69) is 10.3 Å². The van der Waals surface area contributed by atoms with Crippen molar-refractivity contribution in [3.05, 3.63) is 47.8 Å². The molecule has 1 aliphatic heterocycles. The summed E-state index contributed by atoms with van der Waals surface area (Å²) in [6.45, 7) is 0. The summed E-state index contributed by atoms with van der Waals surface area (Å²) in [5, 5.41) is 2.83. The second kappa shape index (κ2) is 5.49. The third kappa shape index (κ3) is 2.85. The summed E-state index contributed by atoms with van der Waals surface area (Å²) < 4.78 is 5.82. The van der Waals surface area contributed by atoms with Gasteiger partial charge in [-0.05, 0) is 36.2 Å². The van der Waals surface area contributed by atoms with Crippen LogP contribution in [0.2, 0.25) is 0 Å². The first-order chi connectivity index (χ1) is 10.1. The van der Waals surface area contributed by atoms with E-state index in [4.69, 9.17) is 22.7 Å². The Kier molecular flexibility index (Phi) is 3.53. The van der Waals surface area contributed by atoms with E-state index in [9.17, 15) is 4.79 Å². The van der Waals surface area contributed by atoms with Gasteiger partial charge in [0.25, 0.3) is 0 Å². The Labute approximate surface area is 127 Å². The number of hydrogen-bond donors (Lipinski definition) is 2. The highest BCUT2D eigenvalue weighted by Crippen LogP contribution is 2.30. The SMILES string of the molecule is NC(=S)c1ccncc1Oc1ccc2c(c1)CCC(=O)N2. The minimum Gasteiger partial charge on any atom is -0.455 e. The Morgan fingerprint density at radius 1 is 1.33 bits per heavy atom. The fourth-order valence-corrected chi connectivity index (χ4v) is 2.38. The number of fused-ring (bicyclic) bond motifs is 1. The number of thiocarbonyl (C=S) groups is 1. The molecule has 0 fully saturated rings. The Morgan fingerprint density at radius 2 is 2.19 bits per heavy atom. The van der Waals surface area contributed by atoms with E-state index in [1.807, 2.05) is 12.1 Å². The van der Waals surface area contributed by atoms with Crippen molar-refractivity contribution in [3.63, 3.8) is 0 Å². The monoisotopic (exact) mass is 299 g/mol. The van der Waals surface area contributed by atoms with E-state index in [-0.39, 0.29) is 10.9 Å². The van der Waals surface area contributed by atoms with Crippen molar-refractivity contribution in [2.24, 2.45) is 5.73 Å². The first-order valence-corrected chi connectivity index (χ1v) is 6.89. The summed E-state index contributed by atoms with van der Waals surface area (Å²) in [6, 6.07) is 7.25. The fourth-order valence-electron chi connectivity index (χ4n) is 2.22. The quantitative estimate of drug-likeness (QED) is 0.851. The summed E-state index contributed by atoms with van der Waals surface area (Å²) in [4.78, 5) is 15.6. The van der Waals surface area contributed by atoms with Crippen LogP contribution in [0.4, 0.5) is 5.69 Å². The number of nitrogens with two attached hydrogens (primary N) is 1. The van der Waals surface area contributed by atoms with Crippen LogP contribution >= 0.6 is 12.2 Å². The van der Waals surface area contributed by atoms with Gasteiger partial charge in [-0.25, -0.2) is 0 Å². The fraction of sp³-hybridized carbons (Fsp3) is 0.133. The molecule has 0 saturated heterocycles. The number of benzene rings is 1. The molecule has 0 unspecified atom stereocenters. The molecule has 21 heavy (non-hydrogen) atoms. The van der Waals surface area contributed by atoms with Crippen LogP contribution in [0.1, 0.15) is 17.5 Å². The predicted molar refractivity (Wildman–Crippen MR) is 83.6 cm³/mol. The van der Waals surface area contributed by atoms with Gasteiger partial charge >= 0.3 is 0 Å². The van der Waals surface area contributed by atoms with Gasteiger partial charge in [-0.15, -0.1) is 0 Å². The molecular formula is C15H13N3O2S. The molecule has 3 rings (SSSR count). The number of nitrogens with one attached hydrogen (secondary N) is 1. The Balaban J connectivity index is 1.89. The molecule has 1 aromatic heterocycles. The number of hydrogen-bond acceptors (Lipinski definition) is 4. The number of aromatic nitrogens is 1. The van der Waals surface area contributed by atoms with Crippen LogP contribution in [0.3, 0.4) is 0 Å². The van der Waals surface area contributed by atoms with Crippen molar-refractivity contribution in [2.75, 3.05) is 5.32 Å². The zero-order valence-electron chi connectivity index (χ0n) is 11.1. The van der Waals surface area contributed by atoms with Crippen LogP contribution in [0.25, 0.3) is 0 Å². The number of anilines is 1. The van der Waals surface area contributed by atoms with Gasteiger partial charge in [-0.2, -0.15) is 0 Å². The van der Waals surface area contributed by atoms with Gasteiger partial charge in [0.05, 0.1) is 11.8 Å². The van der Waals surface area contributed by atoms with Gasteiger partial charge < -0.3 is 15.8 Å². The number of rotatable bonds is 3. The molecular weight excluding hydrogens is 286 g/mol. The molecule has 1 aliphatic rings. The lowest BCUT2D eigenvalue weighted by Crippen LogP contribution is -2.18. The van der Waals surface area contributed by atoms with Crippen molar-refractivity contribution in [2.45, 2.75) is 12.8 Å². The molecule has 0 spiro atoms. The number of ether oxygens (including phenoxy) is 1. The molecule has 106 valence electrons. The smallest absolute Gasteiger partial charge is 0.224 e. The van der Waals surface area contributed by atoms with Crippen molar-refractivity contribution in [1.82, 2.24) is 4.98 Å². The van der Waals surface area contributed by atoms with Crippen LogP contribution in [-0.4, -0.2) is 15.9 Å². The molecule has 0 aliphatic carbocycles. The molecule has 0 radical (unpaired) electrons. The molecule has 0 bridgehead atoms. The molecule has 2 heterocycles. The summed E-state index contributed by atoms with van der Waals surface area (Å²) in [6.07, 6.45) is 4.38. The van der Waals surface area contributed by atoms with E-state index < -0.39 is 0 Å². The molecule has 0 saturated carbocycles. The van der Waals surface area contributed by atoms with Crippen molar-refractivity contribution < 1.29 is 9.53 Å². The summed E-state index contributed by atoms with van der Waals surface area (Å²) in [5.74, 6) is 1.22. The van der Waals surface area contributed by atoms with E-state index in [1.54, 1.807) is 24.5 Å². The van der Waals surface area contributed by atoms with E-state index >= 15 is 0 Å². The minimum absolute atomic E-state index is 0.0409. The Hall–Kier alpha value is -2.47. The zero-order valence-corrected chi connectivity index (χ0v) is 11.9. The topological polar surface area (TPSA) is 77.2 Å². The van der Waals surface area contributed by atoms with Crippen LogP contribution < -0.4 is 15.8 Å². The lowest BCUT2D eigenvalue weighted by Gasteiger charge is -2.18. The summed E-state index contributed by atoms with van der Waals surface area (Å²) >= 11 is 5.00. The van der Waals surface area contributed by atoms with Crippen molar-refractivity contribution >= 4 is 28.8 Å². The van der Waals surface area contributed by atoms with Gasteiger partial charge in [0.15, 0.2) is 5.75 Å². The first-order valence-electron chi connectivity index (χ1n) is 6.48. The number of pyridine rings is 1. The van der Waals surface area contributed by atoms with Gasteiger partial charge in [0, 0.05) is 18.3 Å². The highest BCUT2D eigenvalue weighted by molar-refractivity contribution is 7.80. The summed E-state index contributed by atoms with van der Waals surface area (Å²) in [7, 11) is 0. The second-order valence-electron chi connectivity index (χ2n) is 4.71. The average Bonchev–Trinajstić information content (AvgIpc) is 2.48. The van der Waals surface area contributed by atoms with Crippen molar-refractivity contribution in [1.29, 1.82) is 0 Å². The standard InChI is InChI=1S/C15H13N3O2S/c16-15(21)11-5-6-17-8-13(11)20-10-2-3-12-9(7-10)1-4-14(19)18-12/h2-3,5-8H,1,4H2,(H2,16,21)(H,18,19). The van der Waals surface area contributed by atoms with Crippen LogP contribution in [0.5, 0.6) is 11.5 Å². The minimum atomic E-state index is 0.0409. The lowest BCUT2D eigenvalue weighted by atomic mass is 10.0. The third-order valence-corrected chi connectivity index (χ3v) is 3.47. The highest BCUT2D eigenvalue weighted by Gasteiger charge is 2.16. The van der Waals surface area contributed by atoms with E-state index in [0.717, 1.165) is 11.3 Å². The highest BCUT2D eigenvalue weighted by atomic mass is 32.1. The first kappa shape index (κ1) is 13.5. The third-order valence-electron chi connectivity index (χ3n) is 3.25. The maximum atomic E-state index is 11.3. The number of amides is 1. The number of nitrogens with zero attached hydrogens (tertiary/aromatic N) is 1. The van der Waals surface area contributed by atoms with Crippen LogP contribution in [0.15, 0.2) is 36.7 Å². The molecule has 5 nitrogen and oxygen atoms in total. The molecule has 1 amide bonds. The van der Waals surface area contributed by atoms with E-state index in [1.165, 1.54) is 0 Å². The molecule has 6 heteroatoms. The lowest BCUT2D eigenvalue weighted by molar-refractivity contribution is -0.116. The van der Waals surface area contributed by atoms with Gasteiger partial charge in [0.2, 0.25) is 5.91 Å². The molecule has 1 aromatic carbocycles. The van der Waals surface area contributed by atoms with Gasteiger partial charge in [-0.3, -0.25) is 9.78 Å². The summed E-state index contributed by atoms with van der Waals surface area (Å²) in [5.41, 5.74) is 8.20. The predicted octanol–water partition coefficient (Wildman–Crippen LogP) is 2.39. The maximum absolute atomic E-state index is 11.3. The zero-order chi connectivity index (χ0) is 14.8. The number of aryl methyl sites for hydroxylation is 1. The maximum Gasteiger partial charge on any atom is 0.224 e. The van der Waals surface area contributed by atoms with Gasteiger partial charge in [-0.1, -0.05) is 12.2 Å². The van der Waals surface area contributed by atoms with E-state index in [0.29, 0.717) is 29.9 Å². The number of carbonyl (C=O) groups excluding carboxylic acids is 1. The Morgan fingerprint density at radius 3 is 3.00 bits per heavy atom. The normalized spacial score (nSPS) is 13.2. The van der Waals surface area contributed by atoms with Gasteiger partial charge in [0.1, 0.15) is 10.7 Å². The van der Waals surface area contributed by atoms with Crippen LogP contribution in [0, 0.1) is 0 Å². The number of carbonyl (C=O) groups is 1. The van der Waals surface area contributed by atoms with Crippen molar-refractivity contribution in [3.8, 4) is 11.5 Å². The Bertz CT molecular complexity index is 731. The van der Waals surface area contributed by atoms with Crippen LogP contribution in [-0.2, 0) is 11.2 Å². The molecule has 0 atom stereocenters. The second-order valence-corrected chi connectivity index (χ2v) is 5.15. The average molecular weight is 299 g/mol. The largest absolute Gasteiger partial charge is 0.455 e. The molecule has 2 aromatic rings.